The maximum Gasteiger partial charge on any atom is 0.186 e. The zero-order chi connectivity index (χ0) is 11.7. The predicted octanol–water partition coefficient (Wildman–Crippen LogP) is 2.52. The van der Waals surface area contributed by atoms with E-state index >= 15 is 0 Å². The number of nitriles is 1. The first-order valence-electron chi connectivity index (χ1n) is 4.72. The fourth-order valence-electron chi connectivity index (χ4n) is 1.39. The van der Waals surface area contributed by atoms with E-state index in [1.54, 1.807) is 4.68 Å². The van der Waals surface area contributed by atoms with Crippen molar-refractivity contribution in [2.24, 2.45) is 0 Å². The second-order valence-electron chi connectivity index (χ2n) is 3.48. The molecule has 0 saturated carbocycles. The minimum absolute atomic E-state index is 0.358. The van der Waals surface area contributed by atoms with E-state index < -0.39 is 0 Å². The molecule has 0 spiro atoms. The monoisotopic (exact) mass is 276 g/mol. The molecular weight excluding hydrogens is 268 g/mol. The zero-order valence-electron chi connectivity index (χ0n) is 8.90. The third-order valence-corrected chi connectivity index (χ3v) is 3.25. The van der Waals surface area contributed by atoms with Gasteiger partial charge in [0.1, 0.15) is 6.07 Å². The summed E-state index contributed by atoms with van der Waals surface area (Å²) < 4.78 is 2.67. The maximum absolute atomic E-state index is 8.80. The van der Waals surface area contributed by atoms with Gasteiger partial charge < -0.3 is 0 Å². The summed E-state index contributed by atoms with van der Waals surface area (Å²) in [5, 5.41) is 16.6. The molecule has 0 unspecified atom stereocenters. The van der Waals surface area contributed by atoms with Gasteiger partial charge in [-0.15, -0.1) is 5.10 Å². The maximum atomic E-state index is 8.80. The van der Waals surface area contributed by atoms with Crippen LogP contribution in [0.1, 0.15) is 17.0 Å². The number of rotatable bonds is 1. The van der Waals surface area contributed by atoms with Gasteiger partial charge in [0, 0.05) is 4.47 Å². The van der Waals surface area contributed by atoms with Gasteiger partial charge in [0.05, 0.1) is 11.4 Å². The van der Waals surface area contributed by atoms with Gasteiger partial charge in [-0.05, 0) is 31.5 Å². The molecule has 0 atom stereocenters. The molecule has 2 aromatic rings. The van der Waals surface area contributed by atoms with Gasteiger partial charge in [-0.25, -0.2) is 4.68 Å². The van der Waals surface area contributed by atoms with Crippen LogP contribution >= 0.6 is 15.9 Å². The summed E-state index contributed by atoms with van der Waals surface area (Å²) in [6, 6.07) is 7.90. The highest BCUT2D eigenvalue weighted by molar-refractivity contribution is 9.10. The Labute approximate surface area is 102 Å². The van der Waals surface area contributed by atoms with Gasteiger partial charge in [0.15, 0.2) is 5.69 Å². The molecule has 5 heteroatoms. The summed E-state index contributed by atoms with van der Waals surface area (Å²) in [6.45, 7) is 3.84. The minimum atomic E-state index is 0.358. The molecule has 0 bridgehead atoms. The van der Waals surface area contributed by atoms with Crippen LogP contribution < -0.4 is 0 Å². The van der Waals surface area contributed by atoms with E-state index in [-0.39, 0.29) is 0 Å². The summed E-state index contributed by atoms with van der Waals surface area (Å²) >= 11 is 3.47. The van der Waals surface area contributed by atoms with Crippen molar-refractivity contribution in [1.82, 2.24) is 15.0 Å². The van der Waals surface area contributed by atoms with Crippen molar-refractivity contribution in [3.63, 3.8) is 0 Å². The third kappa shape index (κ3) is 1.72. The minimum Gasteiger partial charge on any atom is -0.216 e. The highest BCUT2D eigenvalue weighted by Gasteiger charge is 2.09. The molecule has 0 fully saturated rings. The summed E-state index contributed by atoms with van der Waals surface area (Å²) in [7, 11) is 0. The molecule has 1 aromatic carbocycles. The van der Waals surface area contributed by atoms with Crippen LogP contribution in [0.2, 0.25) is 0 Å². The Morgan fingerprint density at radius 3 is 2.69 bits per heavy atom. The van der Waals surface area contributed by atoms with Crippen LogP contribution in [-0.4, -0.2) is 15.0 Å². The second kappa shape index (κ2) is 4.06. The van der Waals surface area contributed by atoms with Gasteiger partial charge in [0.25, 0.3) is 0 Å². The predicted molar refractivity (Wildman–Crippen MR) is 63.2 cm³/mol. The molecule has 0 aliphatic rings. The van der Waals surface area contributed by atoms with E-state index in [1.165, 1.54) is 0 Å². The molecule has 0 aliphatic heterocycles. The van der Waals surface area contributed by atoms with Gasteiger partial charge in [0.2, 0.25) is 0 Å². The van der Waals surface area contributed by atoms with Crippen LogP contribution in [0.4, 0.5) is 0 Å². The topological polar surface area (TPSA) is 54.5 Å². The van der Waals surface area contributed by atoms with Crippen LogP contribution in [0.15, 0.2) is 22.7 Å². The first kappa shape index (κ1) is 10.8. The van der Waals surface area contributed by atoms with E-state index in [1.807, 2.05) is 38.1 Å². The molecule has 0 saturated heterocycles. The van der Waals surface area contributed by atoms with E-state index in [0.717, 1.165) is 21.4 Å². The van der Waals surface area contributed by atoms with E-state index in [4.69, 9.17) is 5.26 Å². The summed E-state index contributed by atoms with van der Waals surface area (Å²) in [4.78, 5) is 0. The number of aromatic nitrogens is 3. The molecule has 4 nitrogen and oxygen atoms in total. The largest absolute Gasteiger partial charge is 0.216 e. The summed E-state index contributed by atoms with van der Waals surface area (Å²) in [5.74, 6) is 0. The van der Waals surface area contributed by atoms with Crippen LogP contribution in [0.3, 0.4) is 0 Å². The van der Waals surface area contributed by atoms with Gasteiger partial charge in [-0.1, -0.05) is 27.2 Å². The van der Waals surface area contributed by atoms with Gasteiger partial charge >= 0.3 is 0 Å². The molecule has 0 radical (unpaired) electrons. The van der Waals surface area contributed by atoms with Crippen molar-refractivity contribution in [2.75, 3.05) is 0 Å². The summed E-state index contributed by atoms with van der Waals surface area (Å²) in [5.41, 5.74) is 3.15. The quantitative estimate of drug-likeness (QED) is 0.804. The number of nitrogens with zero attached hydrogens (tertiary/aromatic N) is 4. The summed E-state index contributed by atoms with van der Waals surface area (Å²) in [6.07, 6.45) is 0. The fraction of sp³-hybridized carbons (Fsp3) is 0.182. The Kier molecular flexibility index (Phi) is 2.75. The van der Waals surface area contributed by atoms with Crippen LogP contribution in [0.5, 0.6) is 0 Å². The van der Waals surface area contributed by atoms with Crippen molar-refractivity contribution in [1.29, 1.82) is 5.26 Å². The lowest BCUT2D eigenvalue weighted by Gasteiger charge is -2.05. The molecule has 2 rings (SSSR count). The highest BCUT2D eigenvalue weighted by atomic mass is 79.9. The molecule has 0 aliphatic carbocycles. The molecule has 0 N–H and O–H groups in total. The van der Waals surface area contributed by atoms with E-state index in [0.29, 0.717) is 5.69 Å². The van der Waals surface area contributed by atoms with Gasteiger partial charge in [-0.3, -0.25) is 0 Å². The average molecular weight is 277 g/mol. The molecule has 16 heavy (non-hydrogen) atoms. The number of halogens is 1. The van der Waals surface area contributed by atoms with Crippen LogP contribution in [0.25, 0.3) is 5.69 Å². The molecular formula is C11H9BrN4. The van der Waals surface area contributed by atoms with Crippen molar-refractivity contribution in [2.45, 2.75) is 13.8 Å². The Hall–Kier alpha value is -1.67. The normalized spacial score (nSPS) is 10.1. The molecule has 0 amide bonds. The van der Waals surface area contributed by atoms with Crippen LogP contribution in [-0.2, 0) is 0 Å². The smallest absolute Gasteiger partial charge is 0.186 e. The van der Waals surface area contributed by atoms with Crippen molar-refractivity contribution < 1.29 is 0 Å². The third-order valence-electron chi connectivity index (χ3n) is 2.40. The second-order valence-corrected chi connectivity index (χ2v) is 4.33. The highest BCUT2D eigenvalue weighted by Crippen LogP contribution is 2.20. The first-order valence-corrected chi connectivity index (χ1v) is 5.51. The molecule has 1 heterocycles. The lowest BCUT2D eigenvalue weighted by Crippen LogP contribution is -1.99. The molecule has 1 aromatic heterocycles. The van der Waals surface area contributed by atoms with E-state index in [9.17, 15) is 0 Å². The van der Waals surface area contributed by atoms with E-state index in [2.05, 4.69) is 26.2 Å². The number of benzene rings is 1. The Morgan fingerprint density at radius 2 is 2.12 bits per heavy atom. The number of hydrogen-bond acceptors (Lipinski definition) is 3. The van der Waals surface area contributed by atoms with Crippen LogP contribution in [0, 0.1) is 25.2 Å². The van der Waals surface area contributed by atoms with Crippen molar-refractivity contribution >= 4 is 15.9 Å². The fourth-order valence-corrected chi connectivity index (χ4v) is 1.76. The first-order chi connectivity index (χ1) is 7.63. The zero-order valence-corrected chi connectivity index (χ0v) is 10.5. The lowest BCUT2D eigenvalue weighted by molar-refractivity contribution is 0.784. The SMILES string of the molecule is Cc1ccc(-n2nnc(C#N)c2C)cc1Br. The lowest BCUT2D eigenvalue weighted by atomic mass is 10.2. The Morgan fingerprint density at radius 1 is 1.38 bits per heavy atom. The van der Waals surface area contributed by atoms with Gasteiger partial charge in [-0.2, -0.15) is 5.26 Å². The average Bonchev–Trinajstić information content (AvgIpc) is 2.64. The number of aryl methyl sites for hydroxylation is 1. The number of hydrogen-bond donors (Lipinski definition) is 0. The Bertz CT molecular complexity index is 580. The Balaban J connectivity index is 2.55. The molecule has 80 valence electrons. The standard InChI is InChI=1S/C11H9BrN4/c1-7-3-4-9(5-10(7)12)16-8(2)11(6-13)14-15-16/h3-5H,1-2H3. The van der Waals surface area contributed by atoms with Crippen molar-refractivity contribution in [3.8, 4) is 11.8 Å². The van der Waals surface area contributed by atoms with Crippen molar-refractivity contribution in [3.05, 3.63) is 39.6 Å².